The zero-order valence-corrected chi connectivity index (χ0v) is 14.7. The first-order chi connectivity index (χ1) is 12.3. The molecule has 25 heavy (non-hydrogen) atoms. The zero-order chi connectivity index (χ0) is 17.5. The molecule has 2 N–H and O–H groups in total. The Hall–Kier alpha value is -1.83. The number of hydrogen-bond donors (Lipinski definition) is 2. The van der Waals surface area contributed by atoms with Crippen LogP contribution in [0, 0.1) is 5.92 Å². The van der Waals surface area contributed by atoms with E-state index >= 15 is 0 Å². The highest BCUT2D eigenvalue weighted by molar-refractivity contribution is 5.90. The number of ether oxygens (including phenoxy) is 3. The van der Waals surface area contributed by atoms with E-state index in [1.165, 1.54) is 0 Å². The van der Waals surface area contributed by atoms with Gasteiger partial charge in [0.15, 0.2) is 0 Å². The summed E-state index contributed by atoms with van der Waals surface area (Å²) < 4.78 is 16.3. The van der Waals surface area contributed by atoms with Crippen molar-refractivity contribution in [1.29, 1.82) is 0 Å². The Morgan fingerprint density at radius 1 is 1.28 bits per heavy atom. The normalized spacial score (nSPS) is 22.4. The minimum absolute atomic E-state index is 0.221. The number of rotatable bonds is 6. The Balaban J connectivity index is 1.57. The van der Waals surface area contributed by atoms with Crippen LogP contribution in [0.1, 0.15) is 6.42 Å². The summed E-state index contributed by atoms with van der Waals surface area (Å²) in [6.45, 7) is 5.45. The van der Waals surface area contributed by atoms with Crippen molar-refractivity contribution >= 4 is 11.7 Å². The number of para-hydroxylation sites is 2. The Morgan fingerprint density at radius 3 is 2.80 bits per heavy atom. The van der Waals surface area contributed by atoms with Gasteiger partial charge in [0.2, 0.25) is 0 Å². The summed E-state index contributed by atoms with van der Waals surface area (Å²) in [7, 11) is 1.59. The SMILES string of the molecule is COc1ccccc1NC(=O)NC[C@@H]([C@H]1CCOC1)N1CCOCC1. The summed E-state index contributed by atoms with van der Waals surface area (Å²) >= 11 is 0. The van der Waals surface area contributed by atoms with Crippen molar-refractivity contribution in [1.82, 2.24) is 10.2 Å². The molecule has 0 spiro atoms. The van der Waals surface area contributed by atoms with Gasteiger partial charge in [-0.15, -0.1) is 0 Å². The predicted octanol–water partition coefficient (Wildman–Crippen LogP) is 1.55. The molecule has 0 bridgehead atoms. The van der Waals surface area contributed by atoms with Crippen molar-refractivity contribution < 1.29 is 19.0 Å². The van der Waals surface area contributed by atoms with Gasteiger partial charge in [0, 0.05) is 38.2 Å². The van der Waals surface area contributed by atoms with E-state index < -0.39 is 0 Å². The summed E-state index contributed by atoms with van der Waals surface area (Å²) in [5.41, 5.74) is 0.662. The fourth-order valence-electron chi connectivity index (χ4n) is 3.47. The van der Waals surface area contributed by atoms with Gasteiger partial charge < -0.3 is 24.8 Å². The highest BCUT2D eigenvalue weighted by Gasteiger charge is 2.31. The topological polar surface area (TPSA) is 72.1 Å². The second-order valence-corrected chi connectivity index (χ2v) is 6.37. The molecule has 2 aliphatic heterocycles. The van der Waals surface area contributed by atoms with Gasteiger partial charge in [-0.25, -0.2) is 4.79 Å². The molecular weight excluding hydrogens is 322 g/mol. The number of amides is 2. The molecule has 2 aliphatic rings. The van der Waals surface area contributed by atoms with Gasteiger partial charge in [-0.1, -0.05) is 12.1 Å². The fraction of sp³-hybridized carbons (Fsp3) is 0.611. The van der Waals surface area contributed by atoms with Crippen LogP contribution in [-0.2, 0) is 9.47 Å². The lowest BCUT2D eigenvalue weighted by Gasteiger charge is -2.37. The average molecular weight is 349 g/mol. The third-order valence-corrected chi connectivity index (χ3v) is 4.85. The summed E-state index contributed by atoms with van der Waals surface area (Å²) in [5, 5.41) is 5.87. The van der Waals surface area contributed by atoms with Gasteiger partial charge in [0.1, 0.15) is 5.75 Å². The van der Waals surface area contributed by atoms with Crippen molar-refractivity contribution in [3.8, 4) is 5.75 Å². The molecule has 3 rings (SSSR count). The van der Waals surface area contributed by atoms with Crippen molar-refractivity contribution in [2.45, 2.75) is 12.5 Å². The number of urea groups is 1. The minimum Gasteiger partial charge on any atom is -0.495 e. The monoisotopic (exact) mass is 349 g/mol. The largest absolute Gasteiger partial charge is 0.495 e. The van der Waals surface area contributed by atoms with Crippen molar-refractivity contribution in [3.63, 3.8) is 0 Å². The lowest BCUT2D eigenvalue weighted by Crippen LogP contribution is -2.52. The number of hydrogen-bond acceptors (Lipinski definition) is 5. The Morgan fingerprint density at radius 2 is 2.08 bits per heavy atom. The molecule has 2 saturated heterocycles. The van der Waals surface area contributed by atoms with Crippen LogP contribution in [0.3, 0.4) is 0 Å². The van der Waals surface area contributed by atoms with Crippen LogP contribution in [0.2, 0.25) is 0 Å². The molecule has 0 aliphatic carbocycles. The predicted molar refractivity (Wildman–Crippen MR) is 95.1 cm³/mol. The van der Waals surface area contributed by atoms with E-state index in [0.29, 0.717) is 23.9 Å². The molecule has 1 aromatic carbocycles. The highest BCUT2D eigenvalue weighted by atomic mass is 16.5. The summed E-state index contributed by atoms with van der Waals surface area (Å²) in [5.74, 6) is 1.09. The first-order valence-electron chi connectivity index (χ1n) is 8.85. The minimum atomic E-state index is -0.221. The summed E-state index contributed by atoms with van der Waals surface area (Å²) in [4.78, 5) is 14.7. The molecule has 2 fully saturated rings. The van der Waals surface area contributed by atoms with Gasteiger partial charge in [-0.3, -0.25) is 4.90 Å². The van der Waals surface area contributed by atoms with Gasteiger partial charge in [0.25, 0.3) is 0 Å². The average Bonchev–Trinajstić information content (AvgIpc) is 3.18. The molecule has 0 unspecified atom stereocenters. The Labute approximate surface area is 148 Å². The van der Waals surface area contributed by atoms with E-state index in [9.17, 15) is 4.79 Å². The van der Waals surface area contributed by atoms with E-state index in [-0.39, 0.29) is 12.1 Å². The maximum atomic E-state index is 12.3. The van der Waals surface area contributed by atoms with Crippen LogP contribution in [0.5, 0.6) is 5.75 Å². The van der Waals surface area contributed by atoms with Gasteiger partial charge in [0.05, 0.1) is 32.6 Å². The Bertz CT molecular complexity index is 557. The van der Waals surface area contributed by atoms with E-state index in [0.717, 1.165) is 45.9 Å². The number of carbonyl (C=O) groups excluding carboxylic acids is 1. The molecule has 2 amide bonds. The first-order valence-corrected chi connectivity index (χ1v) is 8.85. The number of nitrogens with zero attached hydrogens (tertiary/aromatic N) is 1. The smallest absolute Gasteiger partial charge is 0.319 e. The maximum Gasteiger partial charge on any atom is 0.319 e. The molecule has 2 atom stereocenters. The molecule has 138 valence electrons. The molecule has 0 radical (unpaired) electrons. The first kappa shape index (κ1) is 18.0. The number of benzene rings is 1. The van der Waals surface area contributed by atoms with Crippen LogP contribution < -0.4 is 15.4 Å². The quantitative estimate of drug-likeness (QED) is 0.815. The van der Waals surface area contributed by atoms with Crippen LogP contribution in [0.15, 0.2) is 24.3 Å². The maximum absolute atomic E-state index is 12.3. The number of morpholine rings is 1. The summed E-state index contributed by atoms with van der Waals surface area (Å²) in [6, 6.07) is 7.43. The van der Waals surface area contributed by atoms with Crippen LogP contribution in [0.25, 0.3) is 0 Å². The van der Waals surface area contributed by atoms with Gasteiger partial charge >= 0.3 is 6.03 Å². The second kappa shape index (κ2) is 9.03. The zero-order valence-electron chi connectivity index (χ0n) is 14.7. The number of carbonyl (C=O) groups is 1. The van der Waals surface area contributed by atoms with Crippen molar-refractivity contribution in [2.75, 3.05) is 58.5 Å². The number of anilines is 1. The molecule has 2 heterocycles. The fourth-order valence-corrected chi connectivity index (χ4v) is 3.47. The van der Waals surface area contributed by atoms with Crippen molar-refractivity contribution in [3.05, 3.63) is 24.3 Å². The van der Waals surface area contributed by atoms with E-state index in [2.05, 4.69) is 15.5 Å². The number of nitrogens with one attached hydrogen (secondary N) is 2. The Kier molecular flexibility index (Phi) is 6.49. The van der Waals surface area contributed by atoms with E-state index in [1.54, 1.807) is 7.11 Å². The number of methoxy groups -OCH3 is 1. The lowest BCUT2D eigenvalue weighted by molar-refractivity contribution is 0.00222. The molecule has 7 heteroatoms. The van der Waals surface area contributed by atoms with E-state index in [1.807, 2.05) is 24.3 Å². The molecular formula is C18H27N3O4. The van der Waals surface area contributed by atoms with Crippen LogP contribution in [-0.4, -0.2) is 70.1 Å². The highest BCUT2D eigenvalue weighted by Crippen LogP contribution is 2.24. The standard InChI is InChI=1S/C18H27N3O4/c1-23-17-5-3-2-4-15(17)20-18(22)19-12-16(14-6-9-25-13-14)21-7-10-24-11-8-21/h2-5,14,16H,6-13H2,1H3,(H2,19,20,22)/t14-,16-/m0/s1. The van der Waals surface area contributed by atoms with Crippen LogP contribution in [0.4, 0.5) is 10.5 Å². The second-order valence-electron chi connectivity index (χ2n) is 6.37. The third kappa shape index (κ3) is 4.84. The van der Waals surface area contributed by atoms with Crippen LogP contribution >= 0.6 is 0 Å². The van der Waals surface area contributed by atoms with Crippen molar-refractivity contribution in [2.24, 2.45) is 5.92 Å². The molecule has 7 nitrogen and oxygen atoms in total. The summed E-state index contributed by atoms with van der Waals surface area (Å²) in [6.07, 6.45) is 1.04. The van der Waals surface area contributed by atoms with Gasteiger partial charge in [-0.05, 0) is 18.6 Å². The van der Waals surface area contributed by atoms with Gasteiger partial charge in [-0.2, -0.15) is 0 Å². The molecule has 0 aromatic heterocycles. The molecule has 1 aromatic rings. The van der Waals surface area contributed by atoms with E-state index in [4.69, 9.17) is 14.2 Å². The third-order valence-electron chi connectivity index (χ3n) is 4.85. The lowest BCUT2D eigenvalue weighted by atomic mass is 9.97. The molecule has 0 saturated carbocycles.